The highest BCUT2D eigenvalue weighted by atomic mass is 16.1. The lowest BCUT2D eigenvalue weighted by atomic mass is 10.2. The first-order valence-corrected chi connectivity index (χ1v) is 7.62. The normalized spacial score (nSPS) is 10.6. The van der Waals surface area contributed by atoms with Crippen molar-refractivity contribution >= 4 is 23.1 Å². The third-order valence-electron chi connectivity index (χ3n) is 3.46. The maximum absolute atomic E-state index is 11.7. The molecule has 0 saturated heterocycles. The Morgan fingerprint density at radius 2 is 2.00 bits per heavy atom. The number of pyridine rings is 1. The largest absolute Gasteiger partial charge is 0.341 e. The zero-order chi connectivity index (χ0) is 16.1. The molecule has 1 N–H and O–H groups in total. The average Bonchev–Trinajstić information content (AvgIpc) is 2.49. The number of aromatic nitrogens is 1. The minimum absolute atomic E-state index is 0.0220. The van der Waals surface area contributed by atoms with Gasteiger partial charge >= 0.3 is 0 Å². The van der Waals surface area contributed by atoms with Crippen LogP contribution in [0.5, 0.6) is 0 Å². The number of aryl methyl sites for hydroxylation is 1. The lowest BCUT2D eigenvalue weighted by molar-refractivity contribution is -0.118. The Hall–Kier alpha value is -2.36. The van der Waals surface area contributed by atoms with Gasteiger partial charge in [0.05, 0.1) is 11.9 Å². The Balaban J connectivity index is 2.19. The lowest BCUT2D eigenvalue weighted by Crippen LogP contribution is -2.19. The Morgan fingerprint density at radius 1 is 1.23 bits per heavy atom. The van der Waals surface area contributed by atoms with Crippen molar-refractivity contribution in [1.82, 2.24) is 4.98 Å². The van der Waals surface area contributed by atoms with Gasteiger partial charge in [0, 0.05) is 18.2 Å². The zero-order valence-electron chi connectivity index (χ0n) is 13.6. The lowest BCUT2D eigenvalue weighted by Gasteiger charge is -2.23. The number of anilines is 3. The quantitative estimate of drug-likeness (QED) is 0.902. The molecule has 0 unspecified atom stereocenters. The number of hydrogen-bond acceptors (Lipinski definition) is 3. The van der Waals surface area contributed by atoms with E-state index in [-0.39, 0.29) is 11.8 Å². The summed E-state index contributed by atoms with van der Waals surface area (Å²) in [7, 11) is 0. The molecule has 0 aliphatic carbocycles. The molecule has 22 heavy (non-hydrogen) atoms. The fourth-order valence-corrected chi connectivity index (χ4v) is 2.20. The number of rotatable bonds is 5. The van der Waals surface area contributed by atoms with Crippen LogP contribution in [0.25, 0.3) is 0 Å². The van der Waals surface area contributed by atoms with Crippen molar-refractivity contribution in [3.8, 4) is 0 Å². The molecule has 0 bridgehead atoms. The van der Waals surface area contributed by atoms with E-state index in [1.54, 1.807) is 6.20 Å². The van der Waals surface area contributed by atoms with Gasteiger partial charge in [0.25, 0.3) is 0 Å². The van der Waals surface area contributed by atoms with Gasteiger partial charge in [-0.2, -0.15) is 0 Å². The van der Waals surface area contributed by atoms with Crippen LogP contribution in [0.1, 0.15) is 26.3 Å². The van der Waals surface area contributed by atoms with Gasteiger partial charge in [-0.15, -0.1) is 0 Å². The molecule has 1 aromatic carbocycles. The summed E-state index contributed by atoms with van der Waals surface area (Å²) in [4.78, 5) is 18.2. The number of amides is 1. The molecule has 116 valence electrons. The summed E-state index contributed by atoms with van der Waals surface area (Å²) >= 11 is 0. The van der Waals surface area contributed by atoms with Gasteiger partial charge < -0.3 is 10.2 Å². The summed E-state index contributed by atoms with van der Waals surface area (Å²) in [5.74, 6) is 0.509. The van der Waals surface area contributed by atoms with Gasteiger partial charge in [-0.3, -0.25) is 4.79 Å². The number of benzene rings is 1. The molecule has 2 aromatic rings. The topological polar surface area (TPSA) is 45.2 Å². The van der Waals surface area contributed by atoms with Crippen LogP contribution in [0.4, 0.5) is 17.2 Å². The molecule has 4 nitrogen and oxygen atoms in total. The highest BCUT2D eigenvalue weighted by molar-refractivity contribution is 5.91. The van der Waals surface area contributed by atoms with Gasteiger partial charge in [-0.05, 0) is 43.7 Å². The molecule has 1 amide bonds. The minimum Gasteiger partial charge on any atom is -0.341 e. The van der Waals surface area contributed by atoms with Gasteiger partial charge in [0.15, 0.2) is 0 Å². The van der Waals surface area contributed by atoms with Crippen molar-refractivity contribution in [2.75, 3.05) is 16.8 Å². The van der Waals surface area contributed by atoms with Crippen LogP contribution >= 0.6 is 0 Å². The fourth-order valence-electron chi connectivity index (χ4n) is 2.20. The molecule has 0 aliphatic rings. The summed E-state index contributed by atoms with van der Waals surface area (Å²) in [6.07, 6.45) is 1.79. The second-order valence-corrected chi connectivity index (χ2v) is 5.63. The average molecular weight is 297 g/mol. The van der Waals surface area contributed by atoms with E-state index in [1.165, 1.54) is 5.56 Å². The molecule has 0 aliphatic heterocycles. The van der Waals surface area contributed by atoms with Gasteiger partial charge in [-0.25, -0.2) is 4.98 Å². The molecule has 0 fully saturated rings. The van der Waals surface area contributed by atoms with Crippen LogP contribution in [0, 0.1) is 12.8 Å². The summed E-state index contributed by atoms with van der Waals surface area (Å²) in [5, 5.41) is 2.81. The van der Waals surface area contributed by atoms with E-state index in [0.717, 1.165) is 17.9 Å². The molecule has 0 atom stereocenters. The molecule has 1 aromatic heterocycles. The molecule has 4 heteroatoms. The summed E-state index contributed by atoms with van der Waals surface area (Å²) < 4.78 is 0. The fraction of sp³-hybridized carbons (Fsp3) is 0.333. The number of carbonyl (C=O) groups excluding carboxylic acids is 1. The van der Waals surface area contributed by atoms with E-state index >= 15 is 0 Å². The van der Waals surface area contributed by atoms with E-state index in [2.05, 4.69) is 53.3 Å². The summed E-state index contributed by atoms with van der Waals surface area (Å²) in [6, 6.07) is 12.2. The number of hydrogen-bond donors (Lipinski definition) is 1. The van der Waals surface area contributed by atoms with E-state index in [0.29, 0.717) is 5.82 Å². The van der Waals surface area contributed by atoms with Crippen molar-refractivity contribution in [1.29, 1.82) is 0 Å². The van der Waals surface area contributed by atoms with Crippen molar-refractivity contribution < 1.29 is 4.79 Å². The van der Waals surface area contributed by atoms with E-state index < -0.39 is 0 Å². The number of carbonyl (C=O) groups is 1. The van der Waals surface area contributed by atoms with Gasteiger partial charge in [0.1, 0.15) is 5.82 Å². The van der Waals surface area contributed by atoms with Crippen molar-refractivity contribution in [2.24, 2.45) is 5.92 Å². The zero-order valence-corrected chi connectivity index (χ0v) is 13.6. The van der Waals surface area contributed by atoms with Crippen molar-refractivity contribution in [2.45, 2.75) is 27.7 Å². The predicted octanol–water partition coefficient (Wildman–Crippen LogP) is 4.14. The Morgan fingerprint density at radius 3 is 2.55 bits per heavy atom. The third-order valence-corrected chi connectivity index (χ3v) is 3.46. The standard InChI is InChI=1S/C18H23N3O/c1-5-21(15-8-6-7-14(4)11-15)16-9-10-17(19-12-16)20-18(22)13(2)3/h6-13H,5H2,1-4H3,(H,19,20,22). The first-order valence-electron chi connectivity index (χ1n) is 7.62. The van der Waals surface area contributed by atoms with E-state index in [4.69, 9.17) is 0 Å². The Labute approximate surface area is 132 Å². The molecule has 0 radical (unpaired) electrons. The first-order chi connectivity index (χ1) is 10.5. The summed E-state index contributed by atoms with van der Waals surface area (Å²) in [6.45, 7) is 8.76. The number of nitrogens with zero attached hydrogens (tertiary/aromatic N) is 2. The van der Waals surface area contributed by atoms with Gasteiger partial charge in [-0.1, -0.05) is 26.0 Å². The maximum atomic E-state index is 11.7. The maximum Gasteiger partial charge on any atom is 0.228 e. The predicted molar refractivity (Wildman–Crippen MR) is 91.6 cm³/mol. The number of nitrogens with one attached hydrogen (secondary N) is 1. The van der Waals surface area contributed by atoms with Crippen LogP contribution in [-0.4, -0.2) is 17.4 Å². The molecular weight excluding hydrogens is 274 g/mol. The minimum atomic E-state index is -0.0547. The monoisotopic (exact) mass is 297 g/mol. The van der Waals surface area contributed by atoms with E-state index in [9.17, 15) is 4.79 Å². The summed E-state index contributed by atoms with van der Waals surface area (Å²) in [5.41, 5.74) is 3.38. The highest BCUT2D eigenvalue weighted by Gasteiger charge is 2.10. The van der Waals surface area contributed by atoms with Crippen LogP contribution in [-0.2, 0) is 4.79 Å². The molecular formula is C18H23N3O. The SMILES string of the molecule is CCN(c1ccc(NC(=O)C(C)C)nc1)c1cccc(C)c1. The van der Waals surface area contributed by atoms with Crippen LogP contribution in [0.2, 0.25) is 0 Å². The smallest absolute Gasteiger partial charge is 0.228 e. The van der Waals surface area contributed by atoms with Crippen LogP contribution < -0.4 is 10.2 Å². The second-order valence-electron chi connectivity index (χ2n) is 5.63. The molecule has 0 saturated carbocycles. The molecule has 0 spiro atoms. The van der Waals surface area contributed by atoms with E-state index in [1.807, 2.05) is 26.0 Å². The molecule has 2 rings (SSSR count). The van der Waals surface area contributed by atoms with Crippen molar-refractivity contribution in [3.63, 3.8) is 0 Å². The first kappa shape index (κ1) is 16.0. The Kier molecular flexibility index (Phi) is 5.15. The van der Waals surface area contributed by atoms with Crippen LogP contribution in [0.3, 0.4) is 0 Å². The Bertz CT molecular complexity index is 635. The third kappa shape index (κ3) is 3.85. The second kappa shape index (κ2) is 7.07. The van der Waals surface area contributed by atoms with Gasteiger partial charge in [0.2, 0.25) is 5.91 Å². The van der Waals surface area contributed by atoms with Crippen LogP contribution in [0.15, 0.2) is 42.6 Å². The highest BCUT2D eigenvalue weighted by Crippen LogP contribution is 2.25. The van der Waals surface area contributed by atoms with Crippen molar-refractivity contribution in [3.05, 3.63) is 48.2 Å². The molecule has 1 heterocycles.